The van der Waals surface area contributed by atoms with E-state index in [1.807, 2.05) is 30.0 Å². The Labute approximate surface area is 191 Å². The molecule has 0 spiro atoms. The van der Waals surface area contributed by atoms with Crippen LogP contribution in [0.5, 0.6) is 17.2 Å². The molecule has 0 radical (unpaired) electrons. The highest BCUT2D eigenvalue weighted by Gasteiger charge is 2.24. The number of aryl methyl sites for hydroxylation is 2. The molecule has 0 atom stereocenters. The van der Waals surface area contributed by atoms with Gasteiger partial charge in [-0.3, -0.25) is 0 Å². The third-order valence-electron chi connectivity index (χ3n) is 5.93. The maximum atomic E-state index is 12.8. The number of urea groups is 1. The van der Waals surface area contributed by atoms with E-state index in [0.717, 1.165) is 36.4 Å². The minimum atomic E-state index is -0.0565. The largest absolute Gasteiger partial charge is 0.493 e. The Bertz CT molecular complexity index is 898. The number of unbranched alkanes of at least 4 members (excludes halogenated alkanes) is 1. The predicted molar refractivity (Wildman–Crippen MR) is 129 cm³/mol. The van der Waals surface area contributed by atoms with E-state index in [1.165, 1.54) is 18.4 Å². The third-order valence-corrected chi connectivity index (χ3v) is 5.93. The van der Waals surface area contributed by atoms with Gasteiger partial charge < -0.3 is 29.3 Å². The van der Waals surface area contributed by atoms with E-state index >= 15 is 0 Å². The molecule has 0 saturated carbocycles. The van der Waals surface area contributed by atoms with Crippen LogP contribution >= 0.6 is 0 Å². The van der Waals surface area contributed by atoms with Gasteiger partial charge in [0, 0.05) is 49.7 Å². The molecule has 2 aromatic carbocycles. The second-order valence-electron chi connectivity index (χ2n) is 8.04. The molecule has 1 heterocycles. The van der Waals surface area contributed by atoms with E-state index in [-0.39, 0.29) is 6.03 Å². The molecular weight excluding hydrogens is 406 g/mol. The van der Waals surface area contributed by atoms with Gasteiger partial charge in [-0.2, -0.15) is 0 Å². The van der Waals surface area contributed by atoms with Crippen molar-refractivity contribution < 1.29 is 19.0 Å². The maximum Gasteiger partial charge on any atom is 0.321 e. The van der Waals surface area contributed by atoms with Crippen LogP contribution < -0.4 is 24.4 Å². The number of carbonyl (C=O) groups is 1. The topological polar surface area (TPSA) is 63.3 Å². The number of amides is 2. The minimum Gasteiger partial charge on any atom is -0.493 e. The number of hydrogen-bond acceptors (Lipinski definition) is 5. The van der Waals surface area contributed by atoms with Crippen molar-refractivity contribution in [3.63, 3.8) is 0 Å². The van der Waals surface area contributed by atoms with Crippen LogP contribution in [0.1, 0.15) is 30.9 Å². The second kappa shape index (κ2) is 11.0. The number of piperazine rings is 1. The van der Waals surface area contributed by atoms with Gasteiger partial charge >= 0.3 is 6.03 Å². The summed E-state index contributed by atoms with van der Waals surface area (Å²) in [7, 11) is 4.82. The number of hydrogen-bond donors (Lipinski definition) is 1. The van der Waals surface area contributed by atoms with E-state index in [9.17, 15) is 4.79 Å². The highest BCUT2D eigenvalue weighted by atomic mass is 16.5. The number of nitrogens with zero attached hydrogens (tertiary/aromatic N) is 2. The fraction of sp³-hybridized carbons (Fsp3) is 0.480. The number of nitrogens with one attached hydrogen (secondary N) is 1. The van der Waals surface area contributed by atoms with Gasteiger partial charge in [0.05, 0.1) is 21.3 Å². The summed E-state index contributed by atoms with van der Waals surface area (Å²) in [5.74, 6) is 1.83. The SMILES string of the molecule is CCCCc1ccc(NC(=O)N2CCN(c3cc(OC)c(OC)c(OC)c3)CC2)c(C)c1. The molecule has 3 rings (SSSR count). The van der Waals surface area contributed by atoms with Crippen molar-refractivity contribution in [2.75, 3.05) is 57.7 Å². The van der Waals surface area contributed by atoms with Crippen molar-refractivity contribution in [1.82, 2.24) is 4.90 Å². The number of rotatable bonds is 8. The van der Waals surface area contributed by atoms with Crippen LogP contribution in [0.25, 0.3) is 0 Å². The Hall–Kier alpha value is -3.09. The van der Waals surface area contributed by atoms with Crippen molar-refractivity contribution in [2.45, 2.75) is 33.1 Å². The number of methoxy groups -OCH3 is 3. The molecule has 7 heteroatoms. The molecule has 0 aliphatic carbocycles. The number of benzene rings is 2. The molecule has 174 valence electrons. The zero-order valence-corrected chi connectivity index (χ0v) is 19.9. The summed E-state index contributed by atoms with van der Waals surface area (Å²) in [6, 6.07) is 10.1. The Kier molecular flexibility index (Phi) is 8.09. The van der Waals surface area contributed by atoms with Gasteiger partial charge in [0.1, 0.15) is 0 Å². The van der Waals surface area contributed by atoms with Crippen molar-refractivity contribution >= 4 is 17.4 Å². The molecule has 0 bridgehead atoms. The summed E-state index contributed by atoms with van der Waals surface area (Å²) in [4.78, 5) is 16.9. The van der Waals surface area contributed by atoms with Gasteiger partial charge in [-0.15, -0.1) is 0 Å². The zero-order chi connectivity index (χ0) is 23.1. The van der Waals surface area contributed by atoms with E-state index in [0.29, 0.717) is 30.3 Å². The lowest BCUT2D eigenvalue weighted by Gasteiger charge is -2.36. The molecule has 1 fully saturated rings. The number of carbonyl (C=O) groups excluding carboxylic acids is 1. The fourth-order valence-corrected chi connectivity index (χ4v) is 4.01. The van der Waals surface area contributed by atoms with Gasteiger partial charge in [-0.05, 0) is 37.0 Å². The molecule has 0 unspecified atom stereocenters. The highest BCUT2D eigenvalue weighted by molar-refractivity contribution is 5.90. The monoisotopic (exact) mass is 441 g/mol. The number of ether oxygens (including phenoxy) is 3. The third kappa shape index (κ3) is 5.39. The van der Waals surface area contributed by atoms with Crippen LogP contribution in [-0.4, -0.2) is 58.4 Å². The summed E-state index contributed by atoms with van der Waals surface area (Å²) in [5, 5.41) is 3.08. The summed E-state index contributed by atoms with van der Waals surface area (Å²) in [6.07, 6.45) is 3.44. The molecule has 0 aromatic heterocycles. The smallest absolute Gasteiger partial charge is 0.321 e. The Morgan fingerprint density at radius 3 is 2.16 bits per heavy atom. The highest BCUT2D eigenvalue weighted by Crippen LogP contribution is 2.41. The van der Waals surface area contributed by atoms with E-state index in [1.54, 1.807) is 21.3 Å². The van der Waals surface area contributed by atoms with Crippen LogP contribution in [0.4, 0.5) is 16.2 Å². The molecular formula is C25H35N3O4. The molecule has 7 nitrogen and oxygen atoms in total. The Morgan fingerprint density at radius 2 is 1.62 bits per heavy atom. The molecule has 1 aliphatic rings. The number of anilines is 2. The van der Waals surface area contributed by atoms with Crippen molar-refractivity contribution in [3.05, 3.63) is 41.5 Å². The van der Waals surface area contributed by atoms with Gasteiger partial charge in [-0.25, -0.2) is 4.79 Å². The quantitative estimate of drug-likeness (QED) is 0.642. The lowest BCUT2D eigenvalue weighted by molar-refractivity contribution is 0.208. The molecule has 1 saturated heterocycles. The molecule has 2 aromatic rings. The summed E-state index contributed by atoms with van der Waals surface area (Å²) < 4.78 is 16.4. The fourth-order valence-electron chi connectivity index (χ4n) is 4.01. The van der Waals surface area contributed by atoms with Crippen molar-refractivity contribution in [1.29, 1.82) is 0 Å². The molecule has 1 N–H and O–H groups in total. The van der Waals surface area contributed by atoms with Gasteiger partial charge in [0.15, 0.2) is 11.5 Å². The minimum absolute atomic E-state index is 0.0565. The molecule has 1 aliphatic heterocycles. The first-order valence-electron chi connectivity index (χ1n) is 11.2. The normalized spacial score (nSPS) is 13.7. The van der Waals surface area contributed by atoms with Crippen LogP contribution in [0.15, 0.2) is 30.3 Å². The van der Waals surface area contributed by atoms with E-state index in [4.69, 9.17) is 14.2 Å². The predicted octanol–water partition coefficient (Wildman–Crippen LogP) is 4.72. The van der Waals surface area contributed by atoms with Crippen LogP contribution in [-0.2, 0) is 6.42 Å². The molecule has 2 amide bonds. The average Bonchev–Trinajstić information content (AvgIpc) is 2.83. The Morgan fingerprint density at radius 1 is 0.969 bits per heavy atom. The summed E-state index contributed by atoms with van der Waals surface area (Å²) in [6.45, 7) is 6.96. The lowest BCUT2D eigenvalue weighted by atomic mass is 10.0. The summed E-state index contributed by atoms with van der Waals surface area (Å²) >= 11 is 0. The van der Waals surface area contributed by atoms with Crippen molar-refractivity contribution in [3.8, 4) is 17.2 Å². The van der Waals surface area contributed by atoms with Crippen LogP contribution in [0, 0.1) is 6.92 Å². The zero-order valence-electron chi connectivity index (χ0n) is 19.9. The average molecular weight is 442 g/mol. The first-order valence-corrected chi connectivity index (χ1v) is 11.2. The van der Waals surface area contributed by atoms with E-state index < -0.39 is 0 Å². The molecule has 32 heavy (non-hydrogen) atoms. The Balaban J connectivity index is 1.62. The second-order valence-corrected chi connectivity index (χ2v) is 8.04. The van der Waals surface area contributed by atoms with E-state index in [2.05, 4.69) is 29.3 Å². The van der Waals surface area contributed by atoms with Crippen LogP contribution in [0.2, 0.25) is 0 Å². The van der Waals surface area contributed by atoms with Crippen molar-refractivity contribution in [2.24, 2.45) is 0 Å². The van der Waals surface area contributed by atoms with Gasteiger partial charge in [0.25, 0.3) is 0 Å². The first kappa shape index (κ1) is 23.6. The lowest BCUT2D eigenvalue weighted by Crippen LogP contribution is -2.50. The van der Waals surface area contributed by atoms with Gasteiger partial charge in [0.2, 0.25) is 5.75 Å². The van der Waals surface area contributed by atoms with Crippen LogP contribution in [0.3, 0.4) is 0 Å². The maximum absolute atomic E-state index is 12.8. The van der Waals surface area contributed by atoms with Gasteiger partial charge in [-0.1, -0.05) is 25.5 Å². The standard InChI is InChI=1S/C25H35N3O4/c1-6-7-8-19-9-10-21(18(2)15-19)26-25(29)28-13-11-27(12-14-28)20-16-22(30-3)24(32-5)23(17-20)31-4/h9-10,15-17H,6-8,11-14H2,1-5H3,(H,26,29). The first-order chi connectivity index (χ1) is 15.5. The summed E-state index contributed by atoms with van der Waals surface area (Å²) in [5.41, 5.74) is 4.28.